The van der Waals surface area contributed by atoms with E-state index in [1.807, 2.05) is 0 Å². The van der Waals surface area contributed by atoms with Crippen LogP contribution >= 0.6 is 0 Å². The van der Waals surface area contributed by atoms with Gasteiger partial charge in [0, 0.05) is 12.6 Å². The second-order valence-corrected chi connectivity index (χ2v) is 4.92. The molecule has 0 aromatic heterocycles. The van der Waals surface area contributed by atoms with Crippen molar-refractivity contribution in [1.29, 1.82) is 0 Å². The number of hydrogen-bond donors (Lipinski definition) is 1. The number of aliphatic carboxylic acids is 1. The van der Waals surface area contributed by atoms with Gasteiger partial charge in [0.05, 0.1) is 18.8 Å². The number of hydrogen-bond acceptors (Lipinski definition) is 3. The van der Waals surface area contributed by atoms with Crippen molar-refractivity contribution in [1.82, 2.24) is 4.90 Å². The minimum atomic E-state index is -4.47. The first-order valence-corrected chi connectivity index (χ1v) is 6.75. The van der Waals surface area contributed by atoms with Gasteiger partial charge < -0.3 is 14.7 Å². The monoisotopic (exact) mass is 329 g/mol. The Labute approximate surface area is 130 Å². The van der Waals surface area contributed by atoms with Gasteiger partial charge in [-0.25, -0.2) is 4.79 Å². The maximum Gasteiger partial charge on any atom is 0.416 e. The zero-order chi connectivity index (χ0) is 17.0. The van der Waals surface area contributed by atoms with Crippen molar-refractivity contribution >= 4 is 18.0 Å². The molecule has 1 aliphatic rings. The predicted octanol–water partition coefficient (Wildman–Crippen LogP) is 2.03. The average molecular weight is 329 g/mol. The second kappa shape index (κ2) is 6.82. The minimum absolute atomic E-state index is 0.113. The number of carbonyl (C=O) groups is 2. The number of carboxylic acids is 1. The predicted molar refractivity (Wildman–Crippen MR) is 74.4 cm³/mol. The van der Waals surface area contributed by atoms with Crippen LogP contribution in [0, 0.1) is 0 Å². The van der Waals surface area contributed by atoms with Gasteiger partial charge in [-0.2, -0.15) is 13.2 Å². The Hall–Kier alpha value is -2.35. The van der Waals surface area contributed by atoms with Crippen molar-refractivity contribution in [2.75, 3.05) is 19.8 Å². The molecule has 1 fully saturated rings. The van der Waals surface area contributed by atoms with E-state index in [0.29, 0.717) is 0 Å². The lowest BCUT2D eigenvalue weighted by molar-refractivity contribution is -0.156. The van der Waals surface area contributed by atoms with Gasteiger partial charge in [-0.3, -0.25) is 4.79 Å². The quantitative estimate of drug-likeness (QED) is 0.862. The molecule has 2 rings (SSSR count). The standard InChI is InChI=1S/C15H14F3NO4/c16-15(17,18)11-3-1-2-10(8-11)4-5-13(20)19-6-7-23-9-12(19)14(21)22/h1-5,8,12H,6-7,9H2,(H,21,22). The molecule has 1 unspecified atom stereocenters. The van der Waals surface area contributed by atoms with E-state index in [9.17, 15) is 22.8 Å². The molecule has 0 aliphatic carbocycles. The summed E-state index contributed by atoms with van der Waals surface area (Å²) in [5, 5.41) is 9.05. The topological polar surface area (TPSA) is 66.8 Å². The molecular formula is C15H14F3NO4. The van der Waals surface area contributed by atoms with Crippen LogP contribution in [0.5, 0.6) is 0 Å². The highest BCUT2D eigenvalue weighted by Gasteiger charge is 2.32. The number of alkyl halides is 3. The lowest BCUT2D eigenvalue weighted by Gasteiger charge is -2.32. The van der Waals surface area contributed by atoms with Crippen LogP contribution in [-0.2, 0) is 20.5 Å². The molecule has 5 nitrogen and oxygen atoms in total. The number of rotatable bonds is 3. The van der Waals surface area contributed by atoms with Gasteiger partial charge >= 0.3 is 12.1 Å². The molecule has 1 heterocycles. The molecule has 1 aromatic rings. The van der Waals surface area contributed by atoms with Gasteiger partial charge in [0.25, 0.3) is 0 Å². The van der Waals surface area contributed by atoms with E-state index in [2.05, 4.69) is 0 Å². The number of benzene rings is 1. The average Bonchev–Trinajstić information content (AvgIpc) is 2.52. The number of amides is 1. The molecular weight excluding hydrogens is 315 g/mol. The van der Waals surface area contributed by atoms with Crippen molar-refractivity contribution in [2.24, 2.45) is 0 Å². The zero-order valence-corrected chi connectivity index (χ0v) is 11.9. The fraction of sp³-hybridized carbons (Fsp3) is 0.333. The lowest BCUT2D eigenvalue weighted by atomic mass is 10.1. The molecule has 1 aliphatic heterocycles. The molecule has 23 heavy (non-hydrogen) atoms. The van der Waals surface area contributed by atoms with E-state index >= 15 is 0 Å². The summed E-state index contributed by atoms with van der Waals surface area (Å²) in [6.07, 6.45) is -2.17. The Morgan fingerprint density at radius 3 is 2.74 bits per heavy atom. The fourth-order valence-electron chi connectivity index (χ4n) is 2.15. The first-order chi connectivity index (χ1) is 10.8. The number of ether oxygens (including phenoxy) is 1. The summed E-state index contributed by atoms with van der Waals surface area (Å²) in [7, 11) is 0. The van der Waals surface area contributed by atoms with Crippen LogP contribution in [0.3, 0.4) is 0 Å². The molecule has 0 bridgehead atoms. The van der Waals surface area contributed by atoms with Crippen LogP contribution in [0.4, 0.5) is 13.2 Å². The molecule has 124 valence electrons. The maximum absolute atomic E-state index is 12.6. The Morgan fingerprint density at radius 1 is 1.35 bits per heavy atom. The fourth-order valence-corrected chi connectivity index (χ4v) is 2.15. The molecule has 8 heteroatoms. The summed E-state index contributed by atoms with van der Waals surface area (Å²) in [6, 6.07) is 3.41. The highest BCUT2D eigenvalue weighted by atomic mass is 19.4. The van der Waals surface area contributed by atoms with Crippen molar-refractivity contribution in [3.8, 4) is 0 Å². The largest absolute Gasteiger partial charge is 0.480 e. The summed E-state index contributed by atoms with van der Waals surface area (Å²) in [6.45, 7) is 0.216. The Kier molecular flexibility index (Phi) is 5.05. The van der Waals surface area contributed by atoms with E-state index in [0.717, 1.165) is 23.1 Å². The molecule has 1 N–H and O–H groups in total. The smallest absolute Gasteiger partial charge is 0.416 e. The van der Waals surface area contributed by atoms with Crippen molar-refractivity contribution in [3.05, 3.63) is 41.5 Å². The number of carbonyl (C=O) groups excluding carboxylic acids is 1. The minimum Gasteiger partial charge on any atom is -0.480 e. The van der Waals surface area contributed by atoms with E-state index < -0.39 is 29.7 Å². The van der Waals surface area contributed by atoms with Crippen LogP contribution in [0.2, 0.25) is 0 Å². The van der Waals surface area contributed by atoms with Gasteiger partial charge in [-0.15, -0.1) is 0 Å². The van der Waals surface area contributed by atoms with Crippen molar-refractivity contribution in [3.63, 3.8) is 0 Å². The van der Waals surface area contributed by atoms with Gasteiger partial charge in [-0.05, 0) is 23.8 Å². The number of nitrogens with zero attached hydrogens (tertiary/aromatic N) is 1. The summed E-state index contributed by atoms with van der Waals surface area (Å²) >= 11 is 0. The van der Waals surface area contributed by atoms with E-state index in [1.54, 1.807) is 0 Å². The SMILES string of the molecule is O=C(O)C1COCCN1C(=O)C=Cc1cccc(C(F)(F)F)c1. The molecule has 0 spiro atoms. The molecule has 1 aromatic carbocycles. The summed E-state index contributed by atoms with van der Waals surface area (Å²) in [4.78, 5) is 24.3. The summed E-state index contributed by atoms with van der Waals surface area (Å²) in [5.74, 6) is -1.77. The Bertz CT molecular complexity index is 627. The normalized spacial score (nSPS) is 19.1. The summed E-state index contributed by atoms with van der Waals surface area (Å²) in [5.41, 5.74) is -0.616. The van der Waals surface area contributed by atoms with Crippen LogP contribution < -0.4 is 0 Å². The van der Waals surface area contributed by atoms with Crippen molar-refractivity contribution < 1.29 is 32.6 Å². The molecule has 1 atom stereocenters. The number of carboxylic acid groups (broad SMARTS) is 1. The molecule has 1 saturated heterocycles. The Balaban J connectivity index is 2.13. The van der Waals surface area contributed by atoms with Gasteiger partial charge in [0.1, 0.15) is 0 Å². The Morgan fingerprint density at radius 2 is 2.09 bits per heavy atom. The van der Waals surface area contributed by atoms with Gasteiger partial charge in [-0.1, -0.05) is 12.1 Å². The zero-order valence-electron chi connectivity index (χ0n) is 11.9. The lowest BCUT2D eigenvalue weighted by Crippen LogP contribution is -2.52. The van der Waals surface area contributed by atoms with Crippen LogP contribution in [0.25, 0.3) is 6.08 Å². The van der Waals surface area contributed by atoms with E-state index in [4.69, 9.17) is 9.84 Å². The van der Waals surface area contributed by atoms with Gasteiger partial charge in [0.2, 0.25) is 5.91 Å². The van der Waals surface area contributed by atoms with Crippen LogP contribution in [0.15, 0.2) is 30.3 Å². The first-order valence-electron chi connectivity index (χ1n) is 6.75. The summed E-state index contributed by atoms with van der Waals surface area (Å²) < 4.78 is 42.9. The first kappa shape index (κ1) is 17.0. The van der Waals surface area contributed by atoms with Crippen LogP contribution in [0.1, 0.15) is 11.1 Å². The highest BCUT2D eigenvalue weighted by Crippen LogP contribution is 2.29. The van der Waals surface area contributed by atoms with E-state index in [1.165, 1.54) is 18.2 Å². The van der Waals surface area contributed by atoms with Crippen molar-refractivity contribution in [2.45, 2.75) is 12.2 Å². The molecule has 0 radical (unpaired) electrons. The maximum atomic E-state index is 12.6. The molecule has 0 saturated carbocycles. The third kappa shape index (κ3) is 4.32. The second-order valence-electron chi connectivity index (χ2n) is 4.92. The molecule has 1 amide bonds. The number of halogens is 3. The van der Waals surface area contributed by atoms with E-state index in [-0.39, 0.29) is 25.3 Å². The third-order valence-corrected chi connectivity index (χ3v) is 3.33. The number of morpholine rings is 1. The van der Waals surface area contributed by atoms with Gasteiger partial charge in [0.15, 0.2) is 6.04 Å². The third-order valence-electron chi connectivity index (χ3n) is 3.33. The van der Waals surface area contributed by atoms with Crippen LogP contribution in [-0.4, -0.2) is 47.7 Å². The highest BCUT2D eigenvalue weighted by molar-refractivity contribution is 5.94.